The number of hydrogen-bond acceptors (Lipinski definition) is 3. The zero-order chi connectivity index (χ0) is 20.8. The Morgan fingerprint density at radius 2 is 1.41 bits per heavy atom. The van der Waals surface area contributed by atoms with E-state index in [0.717, 1.165) is 6.07 Å². The van der Waals surface area contributed by atoms with Crippen molar-refractivity contribution >= 4 is 11.4 Å². The van der Waals surface area contributed by atoms with E-state index in [1.54, 1.807) is 30.3 Å². The van der Waals surface area contributed by atoms with E-state index >= 15 is 0 Å². The molecule has 0 spiro atoms. The van der Waals surface area contributed by atoms with E-state index in [1.807, 2.05) is 6.92 Å². The van der Waals surface area contributed by atoms with Gasteiger partial charge in [0, 0.05) is 11.6 Å². The topological polar surface area (TPSA) is 48.5 Å². The van der Waals surface area contributed by atoms with E-state index in [-0.39, 0.29) is 16.8 Å². The van der Waals surface area contributed by atoms with Crippen LogP contribution >= 0.6 is 0 Å². The first kappa shape index (κ1) is 19.9. The van der Waals surface area contributed by atoms with E-state index in [4.69, 9.17) is 5.26 Å². The number of azo groups is 1. The van der Waals surface area contributed by atoms with Crippen molar-refractivity contribution in [3.8, 4) is 17.9 Å². The van der Waals surface area contributed by atoms with Gasteiger partial charge in [0.15, 0.2) is 0 Å². The maximum Gasteiger partial charge on any atom is 0.143 e. The Morgan fingerprint density at radius 3 is 2.00 bits per heavy atom. The number of halogens is 3. The third kappa shape index (κ3) is 4.88. The number of benzene rings is 3. The van der Waals surface area contributed by atoms with Crippen LogP contribution in [0.25, 0.3) is 0 Å². The molecular formula is C23H14F3N3. The summed E-state index contributed by atoms with van der Waals surface area (Å²) in [7, 11) is 0. The van der Waals surface area contributed by atoms with Gasteiger partial charge in [0.05, 0.1) is 22.5 Å². The van der Waals surface area contributed by atoms with Gasteiger partial charge in [-0.2, -0.15) is 15.5 Å². The summed E-state index contributed by atoms with van der Waals surface area (Å²) in [4.78, 5) is 0. The summed E-state index contributed by atoms with van der Waals surface area (Å²) in [6.07, 6.45) is 0.534. The van der Waals surface area contributed by atoms with E-state index < -0.39 is 17.5 Å². The first-order chi connectivity index (χ1) is 14.0. The molecule has 0 aliphatic rings. The van der Waals surface area contributed by atoms with Gasteiger partial charge in [-0.25, -0.2) is 13.2 Å². The first-order valence-corrected chi connectivity index (χ1v) is 8.71. The van der Waals surface area contributed by atoms with E-state index in [2.05, 4.69) is 22.1 Å². The lowest BCUT2D eigenvalue weighted by Gasteiger charge is -2.01. The van der Waals surface area contributed by atoms with Gasteiger partial charge >= 0.3 is 0 Å². The number of nitriles is 1. The van der Waals surface area contributed by atoms with E-state index in [9.17, 15) is 13.2 Å². The fourth-order valence-electron chi connectivity index (χ4n) is 2.47. The molecule has 0 aliphatic heterocycles. The Balaban J connectivity index is 1.76. The van der Waals surface area contributed by atoms with Gasteiger partial charge in [0.1, 0.15) is 23.5 Å². The van der Waals surface area contributed by atoms with Crippen LogP contribution in [-0.4, -0.2) is 0 Å². The molecule has 0 N–H and O–H groups in total. The van der Waals surface area contributed by atoms with Crippen molar-refractivity contribution in [2.24, 2.45) is 10.2 Å². The predicted molar refractivity (Wildman–Crippen MR) is 103 cm³/mol. The molecule has 0 unspecified atom stereocenters. The predicted octanol–water partition coefficient (Wildman–Crippen LogP) is 6.35. The molecule has 0 aromatic heterocycles. The van der Waals surface area contributed by atoms with Crippen molar-refractivity contribution in [1.29, 1.82) is 5.26 Å². The molecule has 0 saturated heterocycles. The molecule has 29 heavy (non-hydrogen) atoms. The average molecular weight is 389 g/mol. The maximum atomic E-state index is 14.0. The fourth-order valence-corrected chi connectivity index (χ4v) is 2.47. The summed E-state index contributed by atoms with van der Waals surface area (Å²) in [5, 5.41) is 16.6. The first-order valence-electron chi connectivity index (χ1n) is 8.71. The van der Waals surface area contributed by atoms with Crippen molar-refractivity contribution in [2.75, 3.05) is 0 Å². The van der Waals surface area contributed by atoms with Crippen LogP contribution in [0, 0.1) is 40.6 Å². The largest absolute Gasteiger partial charge is 0.206 e. The standard InChI is InChI=1S/C23H14F3N3/c1-2-15-11-22(25)20(23(26)12-15)10-5-16-3-7-18(8-4-16)28-29-19-9-6-17(14-27)21(24)13-19/h3-4,6-9,11-13H,2H2,1H3. The maximum absolute atomic E-state index is 14.0. The molecule has 3 rings (SSSR count). The quantitative estimate of drug-likeness (QED) is 0.380. The summed E-state index contributed by atoms with van der Waals surface area (Å²) < 4.78 is 41.5. The smallest absolute Gasteiger partial charge is 0.143 e. The molecule has 142 valence electrons. The third-order valence-corrected chi connectivity index (χ3v) is 4.06. The highest BCUT2D eigenvalue weighted by atomic mass is 19.1. The van der Waals surface area contributed by atoms with Crippen LogP contribution in [0.3, 0.4) is 0 Å². The molecule has 0 fully saturated rings. The zero-order valence-corrected chi connectivity index (χ0v) is 15.4. The van der Waals surface area contributed by atoms with Crippen LogP contribution in [-0.2, 0) is 6.42 Å². The Hall–Kier alpha value is -3.90. The molecule has 0 saturated carbocycles. The molecule has 0 radical (unpaired) electrons. The zero-order valence-electron chi connectivity index (χ0n) is 15.4. The molecule has 0 amide bonds. The lowest BCUT2D eigenvalue weighted by molar-refractivity contribution is 0.574. The van der Waals surface area contributed by atoms with Gasteiger partial charge in [-0.15, -0.1) is 0 Å². The second-order valence-corrected chi connectivity index (χ2v) is 6.06. The van der Waals surface area contributed by atoms with Crippen molar-refractivity contribution in [3.05, 3.63) is 94.3 Å². The van der Waals surface area contributed by atoms with Gasteiger partial charge in [0.2, 0.25) is 0 Å². The van der Waals surface area contributed by atoms with Crippen LogP contribution in [0.5, 0.6) is 0 Å². The van der Waals surface area contributed by atoms with Crippen LogP contribution in [0.1, 0.15) is 29.2 Å². The van der Waals surface area contributed by atoms with Gasteiger partial charge in [0.25, 0.3) is 0 Å². The number of nitrogens with zero attached hydrogens (tertiary/aromatic N) is 3. The molecule has 0 aliphatic carbocycles. The second kappa shape index (κ2) is 8.86. The van der Waals surface area contributed by atoms with Crippen molar-refractivity contribution < 1.29 is 13.2 Å². The van der Waals surface area contributed by atoms with Gasteiger partial charge in [-0.05, 0) is 60.5 Å². The van der Waals surface area contributed by atoms with E-state index in [0.29, 0.717) is 23.2 Å². The average Bonchev–Trinajstić information content (AvgIpc) is 2.72. The van der Waals surface area contributed by atoms with Gasteiger partial charge < -0.3 is 0 Å². The molecular weight excluding hydrogens is 375 g/mol. The lowest BCUT2D eigenvalue weighted by atomic mass is 10.1. The van der Waals surface area contributed by atoms with Crippen LogP contribution in [0.15, 0.2) is 64.8 Å². The fraction of sp³-hybridized carbons (Fsp3) is 0.0870. The third-order valence-electron chi connectivity index (χ3n) is 4.06. The Kier molecular flexibility index (Phi) is 6.06. The number of hydrogen-bond donors (Lipinski definition) is 0. The normalized spacial score (nSPS) is 10.4. The van der Waals surface area contributed by atoms with Crippen LogP contribution in [0.2, 0.25) is 0 Å². The van der Waals surface area contributed by atoms with Crippen molar-refractivity contribution in [1.82, 2.24) is 0 Å². The molecule has 0 atom stereocenters. The number of rotatable bonds is 3. The molecule has 6 heteroatoms. The highest BCUT2D eigenvalue weighted by Gasteiger charge is 2.08. The minimum absolute atomic E-state index is 0.0657. The summed E-state index contributed by atoms with van der Waals surface area (Å²) in [6, 6.07) is 14.7. The summed E-state index contributed by atoms with van der Waals surface area (Å²) in [6.45, 7) is 1.82. The minimum Gasteiger partial charge on any atom is -0.206 e. The van der Waals surface area contributed by atoms with Gasteiger partial charge in [-0.1, -0.05) is 18.8 Å². The SMILES string of the molecule is CCc1cc(F)c(C#Cc2ccc(N=Nc3ccc(C#N)c(F)c3)cc2)c(F)c1. The Morgan fingerprint density at radius 1 is 0.793 bits per heavy atom. The second-order valence-electron chi connectivity index (χ2n) is 6.06. The highest BCUT2D eigenvalue weighted by Crippen LogP contribution is 2.21. The minimum atomic E-state index is -0.686. The summed E-state index contributed by atoms with van der Waals surface area (Å²) in [5.74, 6) is 3.20. The Labute approximate surface area is 166 Å². The van der Waals surface area contributed by atoms with Gasteiger partial charge in [-0.3, -0.25) is 0 Å². The molecule has 3 aromatic carbocycles. The van der Waals surface area contributed by atoms with Crippen LogP contribution in [0.4, 0.5) is 24.5 Å². The van der Waals surface area contributed by atoms with Crippen LogP contribution < -0.4 is 0 Å². The lowest BCUT2D eigenvalue weighted by Crippen LogP contribution is -1.93. The summed E-state index contributed by atoms with van der Waals surface area (Å²) in [5.41, 5.74) is 1.55. The summed E-state index contributed by atoms with van der Waals surface area (Å²) >= 11 is 0. The van der Waals surface area contributed by atoms with Crippen molar-refractivity contribution in [3.63, 3.8) is 0 Å². The van der Waals surface area contributed by atoms with Crippen molar-refractivity contribution in [2.45, 2.75) is 13.3 Å². The van der Waals surface area contributed by atoms with E-state index in [1.165, 1.54) is 24.3 Å². The Bertz CT molecular complexity index is 1160. The monoisotopic (exact) mass is 389 g/mol. The molecule has 3 aromatic rings. The molecule has 3 nitrogen and oxygen atoms in total. The molecule has 0 bridgehead atoms. The highest BCUT2D eigenvalue weighted by molar-refractivity contribution is 5.49. The molecule has 0 heterocycles. The number of aryl methyl sites for hydroxylation is 1.